The first-order valence-corrected chi connectivity index (χ1v) is 5.55. The Morgan fingerprint density at radius 3 is 2.31 bits per heavy atom. The molecule has 0 radical (unpaired) electrons. The van der Waals surface area contributed by atoms with Crippen molar-refractivity contribution >= 4 is 11.9 Å². The van der Waals surface area contributed by atoms with Gasteiger partial charge in [-0.25, -0.2) is 0 Å². The van der Waals surface area contributed by atoms with Crippen LogP contribution >= 0.6 is 0 Å². The summed E-state index contributed by atoms with van der Waals surface area (Å²) in [5, 5.41) is 0. The molecule has 2 N–H and O–H groups in total. The number of nitrogens with two attached hydrogens (primary N) is 1. The second-order valence-electron chi connectivity index (χ2n) is 4.11. The third-order valence-corrected chi connectivity index (χ3v) is 2.36. The van der Waals surface area contributed by atoms with Crippen LogP contribution in [0.4, 0.5) is 0 Å². The van der Waals surface area contributed by atoms with Crippen LogP contribution in [0.25, 0.3) is 0 Å². The SMILES string of the molecule is CCCN(CC(=O)OC)C(=O)[C@H](N)C(C)C. The zero-order valence-corrected chi connectivity index (χ0v) is 10.5. The van der Waals surface area contributed by atoms with E-state index in [-0.39, 0.29) is 18.4 Å². The highest BCUT2D eigenvalue weighted by atomic mass is 16.5. The van der Waals surface area contributed by atoms with Gasteiger partial charge in [0.2, 0.25) is 5.91 Å². The number of methoxy groups -OCH3 is 1. The number of rotatable bonds is 6. The summed E-state index contributed by atoms with van der Waals surface area (Å²) in [6.07, 6.45) is 0.785. The molecule has 5 heteroatoms. The lowest BCUT2D eigenvalue weighted by Crippen LogP contribution is -2.48. The van der Waals surface area contributed by atoms with E-state index in [1.807, 2.05) is 20.8 Å². The summed E-state index contributed by atoms with van der Waals surface area (Å²) in [7, 11) is 1.30. The lowest BCUT2D eigenvalue weighted by molar-refractivity contribution is -0.147. The fourth-order valence-corrected chi connectivity index (χ4v) is 1.25. The minimum Gasteiger partial charge on any atom is -0.468 e. The summed E-state index contributed by atoms with van der Waals surface area (Å²) in [6, 6.07) is -0.559. The van der Waals surface area contributed by atoms with Gasteiger partial charge in [-0.15, -0.1) is 0 Å². The van der Waals surface area contributed by atoms with Crippen molar-refractivity contribution in [2.24, 2.45) is 11.7 Å². The van der Waals surface area contributed by atoms with Gasteiger partial charge in [0, 0.05) is 6.54 Å². The van der Waals surface area contributed by atoms with Crippen LogP contribution in [0.3, 0.4) is 0 Å². The fraction of sp³-hybridized carbons (Fsp3) is 0.818. The van der Waals surface area contributed by atoms with Gasteiger partial charge in [0.15, 0.2) is 0 Å². The first-order chi connectivity index (χ1) is 7.43. The standard InChI is InChI=1S/C11H22N2O3/c1-5-6-13(7-9(14)16-4)11(15)10(12)8(2)3/h8,10H,5-7,12H2,1-4H3/t10-/m1/s1. The Balaban J connectivity index is 4.51. The van der Waals surface area contributed by atoms with Crippen molar-refractivity contribution in [3.8, 4) is 0 Å². The fourth-order valence-electron chi connectivity index (χ4n) is 1.25. The Morgan fingerprint density at radius 2 is 1.94 bits per heavy atom. The molecule has 0 aromatic heterocycles. The molecule has 0 saturated heterocycles. The Morgan fingerprint density at radius 1 is 1.38 bits per heavy atom. The maximum Gasteiger partial charge on any atom is 0.325 e. The van der Waals surface area contributed by atoms with Crippen LogP contribution < -0.4 is 5.73 Å². The van der Waals surface area contributed by atoms with Gasteiger partial charge < -0.3 is 15.4 Å². The van der Waals surface area contributed by atoms with E-state index < -0.39 is 12.0 Å². The molecule has 0 heterocycles. The van der Waals surface area contributed by atoms with Gasteiger partial charge >= 0.3 is 5.97 Å². The second-order valence-corrected chi connectivity index (χ2v) is 4.11. The second kappa shape index (κ2) is 7.22. The summed E-state index contributed by atoms with van der Waals surface area (Å²) in [5.41, 5.74) is 5.77. The van der Waals surface area contributed by atoms with Crippen molar-refractivity contribution in [3.05, 3.63) is 0 Å². The highest BCUT2D eigenvalue weighted by Crippen LogP contribution is 2.04. The van der Waals surface area contributed by atoms with Crippen LogP contribution in [0.5, 0.6) is 0 Å². The minimum absolute atomic E-state index is 0.0242. The zero-order chi connectivity index (χ0) is 12.7. The first kappa shape index (κ1) is 14.9. The van der Waals surface area contributed by atoms with Gasteiger partial charge in [-0.1, -0.05) is 20.8 Å². The van der Waals surface area contributed by atoms with Gasteiger partial charge in [-0.05, 0) is 12.3 Å². The van der Waals surface area contributed by atoms with E-state index in [0.717, 1.165) is 6.42 Å². The van der Waals surface area contributed by atoms with E-state index in [1.165, 1.54) is 12.0 Å². The largest absolute Gasteiger partial charge is 0.468 e. The van der Waals surface area contributed by atoms with Gasteiger partial charge in [-0.2, -0.15) is 0 Å². The molecule has 0 aliphatic carbocycles. The maximum absolute atomic E-state index is 11.9. The summed E-state index contributed by atoms with van der Waals surface area (Å²) < 4.78 is 4.54. The van der Waals surface area contributed by atoms with Crippen molar-refractivity contribution < 1.29 is 14.3 Å². The van der Waals surface area contributed by atoms with E-state index in [9.17, 15) is 9.59 Å². The number of hydrogen-bond donors (Lipinski definition) is 1. The van der Waals surface area contributed by atoms with Crippen LogP contribution in [0.1, 0.15) is 27.2 Å². The predicted molar refractivity (Wildman–Crippen MR) is 61.7 cm³/mol. The first-order valence-electron chi connectivity index (χ1n) is 5.55. The maximum atomic E-state index is 11.9. The molecule has 0 fully saturated rings. The predicted octanol–water partition coefficient (Wildman–Crippen LogP) is 0.381. The molecular weight excluding hydrogens is 208 g/mol. The van der Waals surface area contributed by atoms with Crippen molar-refractivity contribution in [3.63, 3.8) is 0 Å². The topological polar surface area (TPSA) is 72.6 Å². The van der Waals surface area contributed by atoms with Gasteiger partial charge in [-0.3, -0.25) is 9.59 Å². The van der Waals surface area contributed by atoms with E-state index in [4.69, 9.17) is 5.73 Å². The van der Waals surface area contributed by atoms with E-state index in [1.54, 1.807) is 0 Å². The molecule has 94 valence electrons. The molecule has 0 bridgehead atoms. The van der Waals surface area contributed by atoms with E-state index >= 15 is 0 Å². The van der Waals surface area contributed by atoms with Crippen LogP contribution in [0, 0.1) is 5.92 Å². The number of esters is 1. The molecular formula is C11H22N2O3. The van der Waals surface area contributed by atoms with Gasteiger partial charge in [0.05, 0.1) is 13.2 Å². The molecule has 0 aliphatic rings. The smallest absolute Gasteiger partial charge is 0.325 e. The Hall–Kier alpha value is -1.10. The zero-order valence-electron chi connectivity index (χ0n) is 10.5. The molecule has 0 rings (SSSR count). The Bertz CT molecular complexity index is 241. The lowest BCUT2D eigenvalue weighted by atomic mass is 10.0. The highest BCUT2D eigenvalue weighted by molar-refractivity contribution is 5.85. The third-order valence-electron chi connectivity index (χ3n) is 2.36. The minimum atomic E-state index is -0.559. The van der Waals surface area contributed by atoms with Crippen molar-refractivity contribution in [2.45, 2.75) is 33.2 Å². The number of amides is 1. The molecule has 1 atom stereocenters. The number of hydrogen-bond acceptors (Lipinski definition) is 4. The van der Waals surface area contributed by atoms with Crippen LogP contribution in [0.15, 0.2) is 0 Å². The molecule has 5 nitrogen and oxygen atoms in total. The van der Waals surface area contributed by atoms with Crippen molar-refractivity contribution in [1.29, 1.82) is 0 Å². The van der Waals surface area contributed by atoms with Crippen LogP contribution in [0.2, 0.25) is 0 Å². The lowest BCUT2D eigenvalue weighted by Gasteiger charge is -2.25. The van der Waals surface area contributed by atoms with Crippen molar-refractivity contribution in [2.75, 3.05) is 20.2 Å². The molecule has 1 amide bonds. The summed E-state index contributed by atoms with van der Waals surface area (Å²) >= 11 is 0. The molecule has 16 heavy (non-hydrogen) atoms. The van der Waals surface area contributed by atoms with Gasteiger partial charge in [0.1, 0.15) is 6.54 Å². The van der Waals surface area contributed by atoms with Crippen molar-refractivity contribution in [1.82, 2.24) is 4.90 Å². The monoisotopic (exact) mass is 230 g/mol. The highest BCUT2D eigenvalue weighted by Gasteiger charge is 2.24. The molecule has 0 unspecified atom stereocenters. The Kier molecular flexibility index (Phi) is 6.72. The quantitative estimate of drug-likeness (QED) is 0.670. The molecule has 0 spiro atoms. The van der Waals surface area contributed by atoms with Gasteiger partial charge in [0.25, 0.3) is 0 Å². The van der Waals surface area contributed by atoms with Crippen LogP contribution in [-0.4, -0.2) is 43.0 Å². The molecule has 0 saturated carbocycles. The number of carbonyl (C=O) groups is 2. The number of nitrogens with zero attached hydrogens (tertiary/aromatic N) is 1. The summed E-state index contributed by atoms with van der Waals surface area (Å²) in [6.45, 7) is 6.20. The molecule has 0 aliphatic heterocycles. The van der Waals surface area contributed by atoms with E-state index in [0.29, 0.717) is 6.54 Å². The average Bonchev–Trinajstić information content (AvgIpc) is 2.26. The summed E-state index contributed by atoms with van der Waals surface area (Å²) in [4.78, 5) is 24.5. The Labute approximate surface area is 96.9 Å². The number of carbonyl (C=O) groups excluding carboxylic acids is 2. The molecule has 0 aromatic carbocycles. The number of ether oxygens (including phenoxy) is 1. The molecule has 0 aromatic rings. The normalized spacial score (nSPS) is 12.4. The average molecular weight is 230 g/mol. The third kappa shape index (κ3) is 4.61. The summed E-state index contributed by atoms with van der Waals surface area (Å²) in [5.74, 6) is -0.551. The van der Waals surface area contributed by atoms with E-state index in [2.05, 4.69) is 4.74 Å². The van der Waals surface area contributed by atoms with Crippen LogP contribution in [-0.2, 0) is 14.3 Å².